The number of nitrogens with zero attached hydrogens (tertiary/aromatic N) is 5. The minimum absolute atomic E-state index is 0.242. The van der Waals surface area contributed by atoms with Gasteiger partial charge in [0, 0.05) is 55.3 Å². The molecule has 0 radical (unpaired) electrons. The summed E-state index contributed by atoms with van der Waals surface area (Å²) >= 11 is 0. The molecule has 2 fully saturated rings. The molecule has 0 aliphatic carbocycles. The smallest absolute Gasteiger partial charge is 0.236 e. The molecule has 2 unspecified atom stereocenters. The van der Waals surface area contributed by atoms with E-state index in [1.807, 2.05) is 61.6 Å². The molecule has 2 aliphatic heterocycles. The van der Waals surface area contributed by atoms with E-state index in [0.29, 0.717) is 46.7 Å². The molecular formula is C29H31FN6O. The van der Waals surface area contributed by atoms with Gasteiger partial charge >= 0.3 is 0 Å². The number of aromatic nitrogens is 3. The molecule has 2 atom stereocenters. The maximum atomic E-state index is 15.3. The number of hydrogen-bond acceptors (Lipinski definition) is 6. The molecule has 0 bridgehead atoms. The van der Waals surface area contributed by atoms with E-state index < -0.39 is 0 Å². The van der Waals surface area contributed by atoms with E-state index in [-0.39, 0.29) is 5.82 Å². The summed E-state index contributed by atoms with van der Waals surface area (Å²) in [5, 5.41) is 13.6. The summed E-state index contributed by atoms with van der Waals surface area (Å²) in [7, 11) is 0. The number of imidazole rings is 1. The number of allylic oxidation sites excluding steroid dienone is 2. The van der Waals surface area contributed by atoms with Gasteiger partial charge < -0.3 is 15.0 Å². The maximum absolute atomic E-state index is 15.3. The minimum Gasteiger partial charge on any atom is -0.381 e. The van der Waals surface area contributed by atoms with Crippen LogP contribution in [0.2, 0.25) is 0 Å². The number of fused-ring (bicyclic) bond motifs is 4. The van der Waals surface area contributed by atoms with Crippen molar-refractivity contribution in [2.75, 3.05) is 36.5 Å². The van der Waals surface area contributed by atoms with Crippen molar-refractivity contribution >= 4 is 28.2 Å². The Morgan fingerprint density at radius 3 is 2.65 bits per heavy atom. The maximum Gasteiger partial charge on any atom is 0.236 e. The Labute approximate surface area is 216 Å². The van der Waals surface area contributed by atoms with Crippen molar-refractivity contribution in [3.8, 4) is 6.07 Å². The molecule has 190 valence electrons. The van der Waals surface area contributed by atoms with Crippen LogP contribution in [0.1, 0.15) is 30.5 Å². The molecule has 2 saturated heterocycles. The highest BCUT2D eigenvalue weighted by atomic mass is 19.1. The van der Waals surface area contributed by atoms with E-state index in [1.54, 1.807) is 18.5 Å². The second-order valence-corrected chi connectivity index (χ2v) is 9.56. The molecule has 8 heteroatoms. The van der Waals surface area contributed by atoms with E-state index in [4.69, 9.17) is 9.72 Å². The number of benzene rings is 2. The van der Waals surface area contributed by atoms with Crippen LogP contribution in [0.4, 0.5) is 15.9 Å². The lowest BCUT2D eigenvalue weighted by Crippen LogP contribution is -2.23. The normalized spacial score (nSPS) is 18.7. The number of nitriles is 1. The zero-order valence-corrected chi connectivity index (χ0v) is 21.4. The first-order chi connectivity index (χ1) is 18.0. The Balaban J connectivity index is 0.000000655. The molecule has 0 saturated carbocycles. The zero-order valence-electron chi connectivity index (χ0n) is 21.4. The molecule has 0 spiro atoms. The SMILES string of the molecule is C/C=C\C.Cc1c(C#N)cccc1CNc1nc2nccn2c2cc(F)c(N3CC4COCC4C3)cc12. The Bertz CT molecular complexity index is 1490. The van der Waals surface area contributed by atoms with Gasteiger partial charge in [0.1, 0.15) is 11.6 Å². The topological polar surface area (TPSA) is 78.5 Å². The summed E-state index contributed by atoms with van der Waals surface area (Å²) < 4.78 is 22.7. The van der Waals surface area contributed by atoms with Crippen LogP contribution >= 0.6 is 0 Å². The number of nitrogens with one attached hydrogen (secondary N) is 1. The first kappa shape index (κ1) is 24.7. The number of rotatable bonds is 4. The van der Waals surface area contributed by atoms with E-state index in [0.717, 1.165) is 42.8 Å². The zero-order chi connectivity index (χ0) is 25.9. The van der Waals surface area contributed by atoms with E-state index >= 15 is 4.39 Å². The van der Waals surface area contributed by atoms with Crippen LogP contribution in [0, 0.1) is 35.9 Å². The number of ether oxygens (including phenoxy) is 1. The van der Waals surface area contributed by atoms with Crippen molar-refractivity contribution in [2.45, 2.75) is 27.3 Å². The van der Waals surface area contributed by atoms with Crippen molar-refractivity contribution in [1.29, 1.82) is 5.26 Å². The highest BCUT2D eigenvalue weighted by Crippen LogP contribution is 2.36. The van der Waals surface area contributed by atoms with Gasteiger partial charge in [0.05, 0.1) is 36.1 Å². The third-order valence-corrected chi connectivity index (χ3v) is 7.34. The van der Waals surface area contributed by atoms with Crippen molar-refractivity contribution in [2.24, 2.45) is 11.8 Å². The van der Waals surface area contributed by atoms with Crippen molar-refractivity contribution < 1.29 is 9.13 Å². The molecule has 2 aromatic carbocycles. The first-order valence-electron chi connectivity index (χ1n) is 12.6. The van der Waals surface area contributed by atoms with Gasteiger partial charge in [-0.05, 0) is 44.0 Å². The van der Waals surface area contributed by atoms with Gasteiger partial charge in [0.15, 0.2) is 0 Å². The third-order valence-electron chi connectivity index (χ3n) is 7.34. The summed E-state index contributed by atoms with van der Waals surface area (Å²) in [5.74, 6) is 1.83. The average molecular weight is 499 g/mol. The van der Waals surface area contributed by atoms with E-state index in [9.17, 15) is 5.26 Å². The molecule has 2 aromatic heterocycles. The fourth-order valence-corrected chi connectivity index (χ4v) is 5.10. The second kappa shape index (κ2) is 10.6. The highest BCUT2D eigenvalue weighted by molar-refractivity contribution is 5.94. The summed E-state index contributed by atoms with van der Waals surface area (Å²) in [6.07, 6.45) is 7.46. The highest BCUT2D eigenvalue weighted by Gasteiger charge is 2.38. The lowest BCUT2D eigenvalue weighted by molar-refractivity contribution is 0.177. The standard InChI is InChI=1S/C25H23FN6O.C4H8/c1-15-16(9-27)3-2-4-17(15)10-29-24-20-7-23(31-11-18-13-33-14-19(18)12-31)21(26)8-22(20)32-6-5-28-25(32)30-24;1-3-4-2/h2-8,18-19H,10-14H2,1H3,(H,28,29,30);3-4H,1-2H3/b;4-3-. The Hall–Kier alpha value is -3.96. The molecule has 7 nitrogen and oxygen atoms in total. The fourth-order valence-electron chi connectivity index (χ4n) is 5.10. The van der Waals surface area contributed by atoms with Crippen molar-refractivity contribution in [1.82, 2.24) is 14.4 Å². The third kappa shape index (κ3) is 4.75. The van der Waals surface area contributed by atoms with Crippen molar-refractivity contribution in [3.63, 3.8) is 0 Å². The van der Waals surface area contributed by atoms with Crippen LogP contribution < -0.4 is 10.2 Å². The average Bonchev–Trinajstić information content (AvgIpc) is 3.64. The summed E-state index contributed by atoms with van der Waals surface area (Å²) in [6, 6.07) is 11.4. The van der Waals surface area contributed by atoms with Gasteiger partial charge in [-0.3, -0.25) is 4.40 Å². The molecule has 4 heterocycles. The lowest BCUT2D eigenvalue weighted by atomic mass is 10.0. The van der Waals surface area contributed by atoms with E-state index in [1.165, 1.54) is 0 Å². The Morgan fingerprint density at radius 1 is 1.19 bits per heavy atom. The van der Waals surface area contributed by atoms with Crippen LogP contribution in [0.5, 0.6) is 0 Å². The largest absolute Gasteiger partial charge is 0.381 e. The Morgan fingerprint density at radius 2 is 1.95 bits per heavy atom. The molecule has 2 aliphatic rings. The quantitative estimate of drug-likeness (QED) is 0.376. The molecule has 4 aromatic rings. The van der Waals surface area contributed by atoms with E-state index in [2.05, 4.69) is 21.3 Å². The monoisotopic (exact) mass is 498 g/mol. The Kier molecular flexibility index (Phi) is 7.06. The van der Waals surface area contributed by atoms with Gasteiger partial charge in [-0.15, -0.1) is 0 Å². The first-order valence-corrected chi connectivity index (χ1v) is 12.6. The van der Waals surface area contributed by atoms with Gasteiger partial charge in [0.25, 0.3) is 0 Å². The predicted molar refractivity (Wildman–Crippen MR) is 144 cm³/mol. The lowest BCUT2D eigenvalue weighted by Gasteiger charge is -2.22. The second-order valence-electron chi connectivity index (χ2n) is 9.56. The summed E-state index contributed by atoms with van der Waals surface area (Å²) in [4.78, 5) is 11.2. The predicted octanol–water partition coefficient (Wildman–Crippen LogP) is 5.48. The number of halogens is 1. The molecule has 37 heavy (non-hydrogen) atoms. The minimum atomic E-state index is -0.242. The summed E-state index contributed by atoms with van der Waals surface area (Å²) in [6.45, 7) is 9.55. The van der Waals surface area contributed by atoms with Gasteiger partial charge in [0.2, 0.25) is 5.78 Å². The molecule has 0 amide bonds. The molecule has 6 rings (SSSR count). The molecule has 1 N–H and O–H groups in total. The van der Waals surface area contributed by atoms with Gasteiger partial charge in [-0.2, -0.15) is 10.2 Å². The van der Waals surface area contributed by atoms with Gasteiger partial charge in [-0.1, -0.05) is 24.3 Å². The summed E-state index contributed by atoms with van der Waals surface area (Å²) in [5.41, 5.74) is 3.93. The van der Waals surface area contributed by atoms with Crippen molar-refractivity contribution in [3.05, 3.63) is 77.4 Å². The van der Waals surface area contributed by atoms with Gasteiger partial charge in [-0.25, -0.2) is 9.37 Å². The van der Waals surface area contributed by atoms with Crippen LogP contribution in [-0.2, 0) is 11.3 Å². The van der Waals surface area contributed by atoms with Crippen LogP contribution in [0.25, 0.3) is 16.7 Å². The number of hydrogen-bond donors (Lipinski definition) is 1. The number of anilines is 2. The van der Waals surface area contributed by atoms with Crippen LogP contribution in [0.3, 0.4) is 0 Å². The fraction of sp³-hybridized carbons (Fsp3) is 0.345. The molecular weight excluding hydrogens is 467 g/mol. The van der Waals surface area contributed by atoms with Crippen LogP contribution in [0.15, 0.2) is 54.9 Å². The van der Waals surface area contributed by atoms with Crippen LogP contribution in [-0.4, -0.2) is 40.7 Å².